The van der Waals surface area contributed by atoms with Gasteiger partial charge in [-0.05, 0) is 48.4 Å². The smallest absolute Gasteiger partial charge is 0.123 e. The van der Waals surface area contributed by atoms with Crippen LogP contribution in [-0.4, -0.2) is 6.54 Å². The molecule has 2 nitrogen and oxygen atoms in total. The number of nitrogens with one attached hydrogen (secondary N) is 1. The van der Waals surface area contributed by atoms with E-state index in [1.54, 1.807) is 6.26 Å². The maximum Gasteiger partial charge on any atom is 0.123 e. The number of hydrogen-bond donors (Lipinski definition) is 1. The SMILES string of the molecule is Fc1ccc(CNCC[C@@H](c2ccccc2)c2ccco2)cc1. The zero-order valence-corrected chi connectivity index (χ0v) is 12.9. The summed E-state index contributed by atoms with van der Waals surface area (Å²) < 4.78 is 18.5. The normalized spacial score (nSPS) is 12.2. The summed E-state index contributed by atoms with van der Waals surface area (Å²) in [6.07, 6.45) is 2.66. The summed E-state index contributed by atoms with van der Waals surface area (Å²) in [6.45, 7) is 1.59. The van der Waals surface area contributed by atoms with Crippen LogP contribution in [0.2, 0.25) is 0 Å². The van der Waals surface area contributed by atoms with Crippen molar-refractivity contribution in [1.82, 2.24) is 5.32 Å². The third kappa shape index (κ3) is 4.30. The summed E-state index contributed by atoms with van der Waals surface area (Å²) >= 11 is 0. The van der Waals surface area contributed by atoms with E-state index in [4.69, 9.17) is 4.42 Å². The predicted octanol–water partition coefficient (Wildman–Crippen LogP) is 4.73. The van der Waals surface area contributed by atoms with Crippen molar-refractivity contribution in [1.29, 1.82) is 0 Å². The summed E-state index contributed by atoms with van der Waals surface area (Å²) in [7, 11) is 0. The number of benzene rings is 2. The van der Waals surface area contributed by atoms with Crippen molar-refractivity contribution in [2.45, 2.75) is 18.9 Å². The minimum absolute atomic E-state index is 0.198. The van der Waals surface area contributed by atoms with Gasteiger partial charge in [-0.25, -0.2) is 4.39 Å². The Bertz CT molecular complexity index is 692. The predicted molar refractivity (Wildman–Crippen MR) is 89.7 cm³/mol. The van der Waals surface area contributed by atoms with E-state index in [0.29, 0.717) is 0 Å². The molecule has 0 fully saturated rings. The van der Waals surface area contributed by atoms with E-state index in [-0.39, 0.29) is 11.7 Å². The van der Waals surface area contributed by atoms with Gasteiger partial charge in [-0.2, -0.15) is 0 Å². The first-order chi connectivity index (χ1) is 11.3. The highest BCUT2D eigenvalue weighted by Gasteiger charge is 2.16. The number of furan rings is 1. The number of halogens is 1. The van der Waals surface area contributed by atoms with E-state index >= 15 is 0 Å². The van der Waals surface area contributed by atoms with Crippen LogP contribution in [0.25, 0.3) is 0 Å². The molecule has 23 heavy (non-hydrogen) atoms. The summed E-state index contributed by atoms with van der Waals surface area (Å²) in [5, 5.41) is 3.42. The molecule has 0 bridgehead atoms. The molecule has 3 rings (SSSR count). The van der Waals surface area contributed by atoms with Crippen LogP contribution in [-0.2, 0) is 6.54 Å². The highest BCUT2D eigenvalue weighted by molar-refractivity contribution is 5.27. The van der Waals surface area contributed by atoms with Gasteiger partial charge in [0.1, 0.15) is 11.6 Å². The Morgan fingerprint density at radius 2 is 1.70 bits per heavy atom. The van der Waals surface area contributed by atoms with Crippen molar-refractivity contribution in [2.24, 2.45) is 0 Å². The maximum absolute atomic E-state index is 12.9. The van der Waals surface area contributed by atoms with E-state index in [1.807, 2.05) is 30.3 Å². The van der Waals surface area contributed by atoms with Gasteiger partial charge in [0.2, 0.25) is 0 Å². The monoisotopic (exact) mass is 309 g/mol. The van der Waals surface area contributed by atoms with Crippen LogP contribution in [0.5, 0.6) is 0 Å². The maximum atomic E-state index is 12.9. The van der Waals surface area contributed by atoms with Crippen LogP contribution < -0.4 is 5.32 Å². The molecular weight excluding hydrogens is 289 g/mol. The average Bonchev–Trinajstić information content (AvgIpc) is 3.11. The van der Waals surface area contributed by atoms with E-state index in [1.165, 1.54) is 17.7 Å². The van der Waals surface area contributed by atoms with Crippen LogP contribution in [0.4, 0.5) is 4.39 Å². The molecular formula is C20H20FNO. The molecule has 1 aromatic heterocycles. The van der Waals surface area contributed by atoms with Crippen molar-refractivity contribution < 1.29 is 8.81 Å². The second-order valence-corrected chi connectivity index (χ2v) is 5.57. The van der Waals surface area contributed by atoms with Crippen LogP contribution >= 0.6 is 0 Å². The van der Waals surface area contributed by atoms with Gasteiger partial charge in [-0.3, -0.25) is 0 Å². The summed E-state index contributed by atoms with van der Waals surface area (Å²) in [4.78, 5) is 0. The van der Waals surface area contributed by atoms with Gasteiger partial charge in [0.25, 0.3) is 0 Å². The standard InChI is InChI=1S/C20H20FNO/c21-18-10-8-16(9-11-18)15-22-13-12-19(20-7-4-14-23-20)17-5-2-1-3-6-17/h1-11,14,19,22H,12-13,15H2/t19-/m0/s1. The van der Waals surface area contributed by atoms with Gasteiger partial charge in [0.05, 0.1) is 6.26 Å². The van der Waals surface area contributed by atoms with Crippen molar-refractivity contribution in [3.63, 3.8) is 0 Å². The summed E-state index contributed by atoms with van der Waals surface area (Å²) in [5.74, 6) is 1.03. The number of hydrogen-bond acceptors (Lipinski definition) is 2. The zero-order chi connectivity index (χ0) is 15.9. The molecule has 0 spiro atoms. The number of rotatable bonds is 7. The van der Waals surface area contributed by atoms with Crippen molar-refractivity contribution in [3.8, 4) is 0 Å². The Morgan fingerprint density at radius 3 is 2.39 bits per heavy atom. The fraction of sp³-hybridized carbons (Fsp3) is 0.200. The molecule has 1 N–H and O–H groups in total. The quantitative estimate of drug-likeness (QED) is 0.638. The molecule has 1 heterocycles. The molecule has 3 heteroatoms. The lowest BCUT2D eigenvalue weighted by molar-refractivity contribution is 0.466. The molecule has 118 valence electrons. The third-order valence-corrected chi connectivity index (χ3v) is 3.94. The molecule has 0 saturated heterocycles. The molecule has 0 radical (unpaired) electrons. The second kappa shape index (κ2) is 7.75. The minimum atomic E-state index is -0.198. The topological polar surface area (TPSA) is 25.2 Å². The highest BCUT2D eigenvalue weighted by Crippen LogP contribution is 2.27. The zero-order valence-electron chi connectivity index (χ0n) is 12.9. The van der Waals surface area contributed by atoms with Crippen LogP contribution in [0, 0.1) is 5.82 Å². The Morgan fingerprint density at radius 1 is 0.913 bits per heavy atom. The highest BCUT2D eigenvalue weighted by atomic mass is 19.1. The minimum Gasteiger partial charge on any atom is -0.469 e. The largest absolute Gasteiger partial charge is 0.469 e. The van der Waals surface area contributed by atoms with Crippen LogP contribution in [0.15, 0.2) is 77.4 Å². The molecule has 0 aliphatic rings. The van der Waals surface area contributed by atoms with E-state index in [0.717, 1.165) is 30.8 Å². The van der Waals surface area contributed by atoms with E-state index < -0.39 is 0 Å². The van der Waals surface area contributed by atoms with Crippen LogP contribution in [0.3, 0.4) is 0 Å². The summed E-state index contributed by atoms with van der Waals surface area (Å²) in [5.41, 5.74) is 2.34. The Hall–Kier alpha value is -2.39. The fourth-order valence-electron chi connectivity index (χ4n) is 2.73. The Balaban J connectivity index is 1.58. The van der Waals surface area contributed by atoms with Gasteiger partial charge >= 0.3 is 0 Å². The summed E-state index contributed by atoms with van der Waals surface area (Å²) in [6, 6.07) is 20.9. The third-order valence-electron chi connectivity index (χ3n) is 3.94. The lowest BCUT2D eigenvalue weighted by Crippen LogP contribution is -2.17. The molecule has 2 aromatic carbocycles. The van der Waals surface area contributed by atoms with Gasteiger partial charge in [0, 0.05) is 12.5 Å². The van der Waals surface area contributed by atoms with Crippen molar-refractivity contribution in [3.05, 3.63) is 95.7 Å². The molecule has 0 aliphatic carbocycles. The molecule has 1 atom stereocenters. The molecule has 3 aromatic rings. The Labute approximate surface area is 136 Å². The van der Waals surface area contributed by atoms with Crippen LogP contribution in [0.1, 0.15) is 29.2 Å². The first kappa shape index (κ1) is 15.5. The first-order valence-electron chi connectivity index (χ1n) is 7.86. The average molecular weight is 309 g/mol. The molecule has 0 aliphatic heterocycles. The van der Waals surface area contributed by atoms with Gasteiger partial charge < -0.3 is 9.73 Å². The van der Waals surface area contributed by atoms with Crippen molar-refractivity contribution in [2.75, 3.05) is 6.54 Å². The molecule has 0 amide bonds. The molecule has 0 saturated carbocycles. The fourth-order valence-corrected chi connectivity index (χ4v) is 2.73. The van der Waals surface area contributed by atoms with Gasteiger partial charge in [0.15, 0.2) is 0 Å². The van der Waals surface area contributed by atoms with E-state index in [9.17, 15) is 4.39 Å². The molecule has 0 unspecified atom stereocenters. The Kier molecular flexibility index (Phi) is 5.22. The van der Waals surface area contributed by atoms with Gasteiger partial charge in [-0.15, -0.1) is 0 Å². The first-order valence-corrected chi connectivity index (χ1v) is 7.86. The second-order valence-electron chi connectivity index (χ2n) is 5.57. The van der Waals surface area contributed by atoms with Gasteiger partial charge in [-0.1, -0.05) is 42.5 Å². The lowest BCUT2D eigenvalue weighted by Gasteiger charge is -2.15. The van der Waals surface area contributed by atoms with Crippen molar-refractivity contribution >= 4 is 0 Å². The van der Waals surface area contributed by atoms with E-state index in [2.05, 4.69) is 29.6 Å². The lowest BCUT2D eigenvalue weighted by atomic mass is 9.93.